The van der Waals surface area contributed by atoms with E-state index in [1.165, 1.54) is 25.7 Å². The maximum absolute atomic E-state index is 5.70. The highest BCUT2D eigenvalue weighted by molar-refractivity contribution is 7.99. The van der Waals surface area contributed by atoms with Crippen molar-refractivity contribution in [2.24, 2.45) is 5.92 Å². The number of thioether (sulfide) groups is 1. The van der Waals surface area contributed by atoms with Crippen LogP contribution < -0.4 is 5.32 Å². The van der Waals surface area contributed by atoms with Crippen molar-refractivity contribution >= 4 is 22.9 Å². The number of nitrogens with zero attached hydrogens (tertiary/aromatic N) is 1. The smallest absolute Gasteiger partial charge is 0.256 e. The van der Waals surface area contributed by atoms with E-state index in [1.807, 2.05) is 24.3 Å². The second-order valence-corrected chi connectivity index (χ2v) is 6.76. The van der Waals surface area contributed by atoms with Gasteiger partial charge in [0.05, 0.1) is 0 Å². The van der Waals surface area contributed by atoms with Gasteiger partial charge in [-0.05, 0) is 30.9 Å². The Hall–Kier alpha value is -1.00. The standard InChI is InChI=1S/C16H22N2OS/c1-12-5-4-6-13(11-12)17-9-10-20-16-18-14-7-2-3-8-15(14)19-16/h2-3,7-8,12-13,17H,4-6,9-11H2,1H3. The molecule has 1 N–H and O–H groups in total. The molecule has 2 atom stereocenters. The van der Waals surface area contributed by atoms with Gasteiger partial charge < -0.3 is 9.73 Å². The molecule has 20 heavy (non-hydrogen) atoms. The van der Waals surface area contributed by atoms with E-state index in [0.29, 0.717) is 6.04 Å². The summed E-state index contributed by atoms with van der Waals surface area (Å²) in [7, 11) is 0. The lowest BCUT2D eigenvalue weighted by atomic mass is 9.87. The fourth-order valence-electron chi connectivity index (χ4n) is 2.93. The molecule has 0 amide bonds. The summed E-state index contributed by atoms with van der Waals surface area (Å²) in [6.45, 7) is 3.39. The van der Waals surface area contributed by atoms with Crippen LogP contribution >= 0.6 is 11.8 Å². The minimum absolute atomic E-state index is 0.711. The highest BCUT2D eigenvalue weighted by Crippen LogP contribution is 2.24. The number of hydrogen-bond donors (Lipinski definition) is 1. The molecule has 1 aromatic heterocycles. The quantitative estimate of drug-likeness (QED) is 0.665. The number of hydrogen-bond acceptors (Lipinski definition) is 4. The van der Waals surface area contributed by atoms with Crippen molar-refractivity contribution < 1.29 is 4.42 Å². The van der Waals surface area contributed by atoms with Crippen LogP contribution in [0.5, 0.6) is 0 Å². The fourth-order valence-corrected chi connectivity index (χ4v) is 3.64. The second-order valence-electron chi connectivity index (χ2n) is 5.72. The van der Waals surface area contributed by atoms with Gasteiger partial charge in [-0.15, -0.1) is 0 Å². The number of oxazole rings is 1. The molecule has 1 heterocycles. The molecular formula is C16H22N2OS. The van der Waals surface area contributed by atoms with E-state index in [-0.39, 0.29) is 0 Å². The van der Waals surface area contributed by atoms with Gasteiger partial charge in [0.2, 0.25) is 0 Å². The average Bonchev–Trinajstić information content (AvgIpc) is 2.86. The third-order valence-corrected chi connectivity index (χ3v) is 4.80. The van der Waals surface area contributed by atoms with E-state index >= 15 is 0 Å². The Morgan fingerprint density at radius 3 is 3.10 bits per heavy atom. The summed E-state index contributed by atoms with van der Waals surface area (Å²) in [4.78, 5) is 4.48. The SMILES string of the molecule is CC1CCCC(NCCSc2nc3ccccc3o2)C1. The molecule has 4 heteroatoms. The van der Waals surface area contributed by atoms with Gasteiger partial charge >= 0.3 is 0 Å². The van der Waals surface area contributed by atoms with Gasteiger partial charge in [0, 0.05) is 18.3 Å². The Balaban J connectivity index is 1.43. The van der Waals surface area contributed by atoms with Crippen LogP contribution in [0, 0.1) is 5.92 Å². The predicted molar refractivity (Wildman–Crippen MR) is 84.2 cm³/mol. The molecule has 1 saturated carbocycles. The van der Waals surface area contributed by atoms with Crippen molar-refractivity contribution in [3.63, 3.8) is 0 Å². The molecule has 3 rings (SSSR count). The molecule has 2 aromatic rings. The van der Waals surface area contributed by atoms with Crippen LogP contribution in [0.4, 0.5) is 0 Å². The molecule has 0 saturated heterocycles. The number of rotatable bonds is 5. The predicted octanol–water partition coefficient (Wildman–Crippen LogP) is 4.09. The lowest BCUT2D eigenvalue weighted by molar-refractivity contribution is 0.306. The first-order valence-electron chi connectivity index (χ1n) is 7.53. The van der Waals surface area contributed by atoms with Crippen molar-refractivity contribution in [2.45, 2.75) is 43.9 Å². The van der Waals surface area contributed by atoms with Gasteiger partial charge in [0.15, 0.2) is 5.58 Å². The third-order valence-electron chi connectivity index (χ3n) is 3.97. The van der Waals surface area contributed by atoms with Crippen molar-refractivity contribution in [2.75, 3.05) is 12.3 Å². The number of fused-ring (bicyclic) bond motifs is 1. The molecule has 1 aromatic carbocycles. The molecular weight excluding hydrogens is 268 g/mol. The molecule has 0 aliphatic heterocycles. The molecule has 0 radical (unpaired) electrons. The van der Waals surface area contributed by atoms with Gasteiger partial charge in [0.1, 0.15) is 5.52 Å². The van der Waals surface area contributed by atoms with Crippen molar-refractivity contribution in [3.8, 4) is 0 Å². The molecule has 0 spiro atoms. The van der Waals surface area contributed by atoms with E-state index in [9.17, 15) is 0 Å². The zero-order chi connectivity index (χ0) is 13.8. The van der Waals surface area contributed by atoms with Gasteiger partial charge in [-0.1, -0.05) is 43.7 Å². The van der Waals surface area contributed by atoms with Crippen molar-refractivity contribution in [1.82, 2.24) is 10.3 Å². The van der Waals surface area contributed by atoms with E-state index in [0.717, 1.165) is 34.5 Å². The zero-order valence-electron chi connectivity index (χ0n) is 12.0. The summed E-state index contributed by atoms with van der Waals surface area (Å²) in [6.07, 6.45) is 5.43. The van der Waals surface area contributed by atoms with E-state index in [1.54, 1.807) is 11.8 Å². The monoisotopic (exact) mass is 290 g/mol. The van der Waals surface area contributed by atoms with Crippen LogP contribution in [0.25, 0.3) is 11.1 Å². The van der Waals surface area contributed by atoms with Crippen LogP contribution in [-0.4, -0.2) is 23.3 Å². The van der Waals surface area contributed by atoms with Gasteiger partial charge in [-0.2, -0.15) is 0 Å². The van der Waals surface area contributed by atoms with Crippen LogP contribution in [0.1, 0.15) is 32.6 Å². The topological polar surface area (TPSA) is 38.1 Å². The van der Waals surface area contributed by atoms with Crippen LogP contribution in [0.2, 0.25) is 0 Å². The second kappa shape index (κ2) is 6.64. The van der Waals surface area contributed by atoms with Gasteiger partial charge in [-0.25, -0.2) is 4.98 Å². The Morgan fingerprint density at radius 2 is 2.25 bits per heavy atom. The maximum Gasteiger partial charge on any atom is 0.256 e. The minimum atomic E-state index is 0.711. The Bertz CT molecular complexity index is 521. The highest BCUT2D eigenvalue weighted by atomic mass is 32.2. The minimum Gasteiger partial charge on any atom is -0.431 e. The van der Waals surface area contributed by atoms with Crippen molar-refractivity contribution in [3.05, 3.63) is 24.3 Å². The lowest BCUT2D eigenvalue weighted by Gasteiger charge is -2.27. The fraction of sp³-hybridized carbons (Fsp3) is 0.562. The largest absolute Gasteiger partial charge is 0.431 e. The summed E-state index contributed by atoms with van der Waals surface area (Å²) in [5, 5.41) is 4.45. The van der Waals surface area contributed by atoms with E-state index in [4.69, 9.17) is 4.42 Å². The normalized spacial score (nSPS) is 23.2. The molecule has 3 nitrogen and oxygen atoms in total. The number of nitrogens with one attached hydrogen (secondary N) is 1. The Labute approximate surface area is 124 Å². The first kappa shape index (κ1) is 14.0. The Kier molecular flexibility index (Phi) is 4.63. The first-order valence-corrected chi connectivity index (χ1v) is 8.51. The maximum atomic E-state index is 5.70. The number of benzene rings is 1. The summed E-state index contributed by atoms with van der Waals surface area (Å²) in [6, 6.07) is 8.64. The van der Waals surface area contributed by atoms with Crippen LogP contribution in [0.3, 0.4) is 0 Å². The lowest BCUT2D eigenvalue weighted by Crippen LogP contribution is -2.34. The van der Waals surface area contributed by atoms with E-state index < -0.39 is 0 Å². The first-order chi connectivity index (χ1) is 9.81. The highest BCUT2D eigenvalue weighted by Gasteiger charge is 2.17. The zero-order valence-corrected chi connectivity index (χ0v) is 12.8. The Morgan fingerprint density at radius 1 is 1.35 bits per heavy atom. The summed E-state index contributed by atoms with van der Waals surface area (Å²) >= 11 is 1.70. The summed E-state index contributed by atoms with van der Waals surface area (Å²) in [5.74, 6) is 1.89. The molecule has 0 bridgehead atoms. The van der Waals surface area contributed by atoms with E-state index in [2.05, 4.69) is 17.2 Å². The van der Waals surface area contributed by atoms with Crippen molar-refractivity contribution in [1.29, 1.82) is 0 Å². The van der Waals surface area contributed by atoms with Gasteiger partial charge in [0.25, 0.3) is 5.22 Å². The summed E-state index contributed by atoms with van der Waals surface area (Å²) in [5.41, 5.74) is 1.83. The number of aromatic nitrogens is 1. The molecule has 108 valence electrons. The van der Waals surface area contributed by atoms with Crippen LogP contribution in [0.15, 0.2) is 33.9 Å². The molecule has 1 fully saturated rings. The molecule has 1 aliphatic carbocycles. The third kappa shape index (κ3) is 3.55. The number of para-hydroxylation sites is 2. The molecule has 1 aliphatic rings. The summed E-state index contributed by atoms with van der Waals surface area (Å²) < 4.78 is 5.70. The average molecular weight is 290 g/mol. The van der Waals surface area contributed by atoms with Crippen LogP contribution in [-0.2, 0) is 0 Å². The van der Waals surface area contributed by atoms with Gasteiger partial charge in [-0.3, -0.25) is 0 Å². The molecule has 2 unspecified atom stereocenters.